The van der Waals surface area contributed by atoms with Gasteiger partial charge in [0, 0.05) is 0 Å². The second kappa shape index (κ2) is 6.15. The predicted molar refractivity (Wildman–Crippen MR) is 78.7 cm³/mol. The fourth-order valence-corrected chi connectivity index (χ4v) is 3.25. The van der Waals surface area contributed by atoms with Crippen molar-refractivity contribution in [2.45, 2.75) is 52.2 Å². The molecule has 0 amide bonds. The van der Waals surface area contributed by atoms with Crippen molar-refractivity contribution >= 4 is 11.6 Å². The molecule has 1 aromatic carbocycles. The topological polar surface area (TPSA) is 29.5 Å². The minimum absolute atomic E-state index is 0.258. The second-order valence-corrected chi connectivity index (χ2v) is 6.43. The van der Waals surface area contributed by atoms with Crippen molar-refractivity contribution in [2.24, 2.45) is 11.8 Å². The van der Waals surface area contributed by atoms with E-state index in [4.69, 9.17) is 16.3 Å². The van der Waals surface area contributed by atoms with Crippen LogP contribution in [0.5, 0.6) is 5.75 Å². The van der Waals surface area contributed by atoms with E-state index in [1.54, 1.807) is 13.0 Å². The summed E-state index contributed by atoms with van der Waals surface area (Å²) in [5.41, 5.74) is 0.822. The van der Waals surface area contributed by atoms with E-state index in [1.807, 2.05) is 12.1 Å². The minimum atomic E-state index is -0.499. The Hall–Kier alpha value is -0.730. The lowest BCUT2D eigenvalue weighted by atomic mass is 9.82. The zero-order chi connectivity index (χ0) is 14.0. The summed E-state index contributed by atoms with van der Waals surface area (Å²) in [6.07, 6.45) is 3.24. The van der Waals surface area contributed by atoms with E-state index < -0.39 is 6.10 Å². The third-order valence-electron chi connectivity index (χ3n) is 3.87. The van der Waals surface area contributed by atoms with Crippen molar-refractivity contribution in [3.05, 3.63) is 28.8 Å². The van der Waals surface area contributed by atoms with Crippen LogP contribution in [0.1, 0.15) is 51.7 Å². The molecule has 19 heavy (non-hydrogen) atoms. The van der Waals surface area contributed by atoms with Gasteiger partial charge in [0.05, 0.1) is 17.2 Å². The zero-order valence-corrected chi connectivity index (χ0v) is 12.7. The van der Waals surface area contributed by atoms with E-state index in [9.17, 15) is 5.11 Å². The molecule has 2 rings (SSSR count). The van der Waals surface area contributed by atoms with E-state index in [-0.39, 0.29) is 6.10 Å². The molecule has 1 aromatic rings. The number of hydrogen-bond donors (Lipinski definition) is 1. The van der Waals surface area contributed by atoms with Gasteiger partial charge in [0.2, 0.25) is 0 Å². The molecule has 0 radical (unpaired) electrons. The van der Waals surface area contributed by atoms with Gasteiger partial charge in [-0.15, -0.1) is 0 Å². The van der Waals surface area contributed by atoms with Gasteiger partial charge in [-0.25, -0.2) is 0 Å². The molecule has 0 saturated heterocycles. The van der Waals surface area contributed by atoms with Crippen molar-refractivity contribution in [1.29, 1.82) is 0 Å². The molecule has 3 heteroatoms. The molecule has 2 unspecified atom stereocenters. The van der Waals surface area contributed by atoms with E-state index in [1.165, 1.54) is 6.42 Å². The summed E-state index contributed by atoms with van der Waals surface area (Å²) in [5.74, 6) is 2.16. The maximum Gasteiger partial charge on any atom is 0.138 e. The van der Waals surface area contributed by atoms with Crippen LogP contribution in [-0.2, 0) is 0 Å². The van der Waals surface area contributed by atoms with Crippen LogP contribution in [0, 0.1) is 11.8 Å². The quantitative estimate of drug-likeness (QED) is 0.878. The highest BCUT2D eigenvalue weighted by Gasteiger charge is 2.25. The number of halogens is 1. The van der Waals surface area contributed by atoms with Gasteiger partial charge in [0.1, 0.15) is 5.75 Å². The van der Waals surface area contributed by atoms with Gasteiger partial charge in [-0.05, 0) is 55.7 Å². The number of ether oxygens (including phenoxy) is 1. The van der Waals surface area contributed by atoms with Gasteiger partial charge in [-0.2, -0.15) is 0 Å². The van der Waals surface area contributed by atoms with Crippen LogP contribution >= 0.6 is 11.6 Å². The summed E-state index contributed by atoms with van der Waals surface area (Å²) in [4.78, 5) is 0. The van der Waals surface area contributed by atoms with Crippen molar-refractivity contribution < 1.29 is 9.84 Å². The van der Waals surface area contributed by atoms with Gasteiger partial charge in [0.15, 0.2) is 0 Å². The molecule has 1 N–H and O–H groups in total. The number of benzene rings is 1. The van der Waals surface area contributed by atoms with Crippen LogP contribution < -0.4 is 4.74 Å². The summed E-state index contributed by atoms with van der Waals surface area (Å²) in [6.45, 7) is 6.30. The zero-order valence-electron chi connectivity index (χ0n) is 11.9. The van der Waals surface area contributed by atoms with Crippen molar-refractivity contribution in [3.63, 3.8) is 0 Å². The lowest BCUT2D eigenvalue weighted by Gasteiger charge is -2.32. The summed E-state index contributed by atoms with van der Waals surface area (Å²) >= 11 is 6.23. The molecule has 0 aromatic heterocycles. The highest BCUT2D eigenvalue weighted by molar-refractivity contribution is 6.32. The Labute approximate surface area is 120 Å². The molecular weight excluding hydrogens is 260 g/mol. The Kier molecular flexibility index (Phi) is 4.75. The van der Waals surface area contributed by atoms with Crippen molar-refractivity contribution in [2.75, 3.05) is 0 Å². The van der Waals surface area contributed by atoms with Gasteiger partial charge >= 0.3 is 0 Å². The third kappa shape index (κ3) is 3.87. The summed E-state index contributed by atoms with van der Waals surface area (Å²) < 4.78 is 6.05. The largest absolute Gasteiger partial charge is 0.489 e. The molecule has 0 aliphatic heterocycles. The molecule has 0 bridgehead atoms. The molecule has 1 aliphatic carbocycles. The van der Waals surface area contributed by atoms with Gasteiger partial charge < -0.3 is 9.84 Å². The first-order valence-corrected chi connectivity index (χ1v) is 7.47. The smallest absolute Gasteiger partial charge is 0.138 e. The van der Waals surface area contributed by atoms with E-state index in [2.05, 4.69) is 13.8 Å². The van der Waals surface area contributed by atoms with E-state index >= 15 is 0 Å². The summed E-state index contributed by atoms with van der Waals surface area (Å²) in [5, 5.41) is 10.1. The van der Waals surface area contributed by atoms with Crippen molar-refractivity contribution in [3.8, 4) is 5.75 Å². The molecule has 1 aliphatic rings. The molecule has 1 fully saturated rings. The van der Waals surface area contributed by atoms with Crippen LogP contribution in [0.15, 0.2) is 18.2 Å². The Morgan fingerprint density at radius 1 is 1.21 bits per heavy atom. The maximum absolute atomic E-state index is 9.53. The molecule has 2 nitrogen and oxygen atoms in total. The van der Waals surface area contributed by atoms with E-state index in [0.29, 0.717) is 16.9 Å². The van der Waals surface area contributed by atoms with Crippen LogP contribution in [0.25, 0.3) is 0 Å². The highest BCUT2D eigenvalue weighted by Crippen LogP contribution is 2.34. The average Bonchev–Trinajstić information content (AvgIpc) is 2.30. The predicted octanol–water partition coefficient (Wildman–Crippen LogP) is 4.60. The summed E-state index contributed by atoms with van der Waals surface area (Å²) in [6, 6.07) is 5.53. The number of rotatable bonds is 3. The van der Waals surface area contributed by atoms with E-state index in [0.717, 1.165) is 24.2 Å². The monoisotopic (exact) mass is 282 g/mol. The van der Waals surface area contributed by atoms with Crippen molar-refractivity contribution in [1.82, 2.24) is 0 Å². The average molecular weight is 283 g/mol. The lowest BCUT2D eigenvalue weighted by molar-refractivity contribution is 0.101. The second-order valence-electron chi connectivity index (χ2n) is 6.02. The van der Waals surface area contributed by atoms with Crippen LogP contribution in [0.4, 0.5) is 0 Å². The normalized spacial score (nSPS) is 29.0. The van der Waals surface area contributed by atoms with Gasteiger partial charge in [-0.3, -0.25) is 0 Å². The number of aliphatic hydroxyl groups is 1. The molecule has 3 atom stereocenters. The Balaban J connectivity index is 2.06. The molecule has 106 valence electrons. The fourth-order valence-electron chi connectivity index (χ4n) is 3.02. The van der Waals surface area contributed by atoms with Crippen LogP contribution in [0.2, 0.25) is 5.02 Å². The number of aliphatic hydroxyl groups excluding tert-OH is 1. The van der Waals surface area contributed by atoms with Gasteiger partial charge in [0.25, 0.3) is 0 Å². The standard InChI is InChI=1S/C16H23ClO2/c1-10-6-11(2)8-14(7-10)19-16-5-4-13(12(3)18)9-15(16)17/h4-5,9-12,14,18H,6-8H2,1-3H3/t10?,11?,12-,14?/m0/s1. The SMILES string of the molecule is CC1CC(C)CC(Oc2ccc([C@H](C)O)cc2Cl)C1. The first-order chi connectivity index (χ1) is 8.95. The highest BCUT2D eigenvalue weighted by atomic mass is 35.5. The fraction of sp³-hybridized carbons (Fsp3) is 0.625. The molecular formula is C16H23ClO2. The first-order valence-electron chi connectivity index (χ1n) is 7.10. The number of hydrogen-bond acceptors (Lipinski definition) is 2. The first kappa shape index (κ1) is 14.7. The minimum Gasteiger partial charge on any atom is -0.489 e. The summed E-state index contributed by atoms with van der Waals surface area (Å²) in [7, 11) is 0. The Bertz CT molecular complexity index is 421. The van der Waals surface area contributed by atoms with Crippen LogP contribution in [-0.4, -0.2) is 11.2 Å². The van der Waals surface area contributed by atoms with Gasteiger partial charge in [-0.1, -0.05) is 31.5 Å². The Morgan fingerprint density at radius 2 is 1.84 bits per heavy atom. The molecule has 0 spiro atoms. The molecule has 1 saturated carbocycles. The molecule has 0 heterocycles. The third-order valence-corrected chi connectivity index (χ3v) is 4.16. The lowest BCUT2D eigenvalue weighted by Crippen LogP contribution is -2.28. The maximum atomic E-state index is 9.53. The van der Waals surface area contributed by atoms with Crippen LogP contribution in [0.3, 0.4) is 0 Å². The Morgan fingerprint density at radius 3 is 2.37 bits per heavy atom.